The van der Waals surface area contributed by atoms with Crippen molar-refractivity contribution in [2.45, 2.75) is 17.7 Å². The Morgan fingerprint density at radius 3 is 2.22 bits per heavy atom. The molecule has 0 bridgehead atoms. The van der Waals surface area contributed by atoms with Crippen molar-refractivity contribution < 1.29 is 32.2 Å². The van der Waals surface area contributed by atoms with E-state index >= 15 is 0 Å². The number of carbonyl (C=O) groups excluding carboxylic acids is 2. The second kappa shape index (κ2) is 9.73. The number of benzene rings is 2. The molecule has 10 heteroatoms. The van der Waals surface area contributed by atoms with Crippen LogP contribution in [-0.4, -0.2) is 41.6 Å². The molecule has 0 radical (unpaired) electrons. The number of amides is 1. The molecule has 2 N–H and O–H groups in total. The van der Waals surface area contributed by atoms with Gasteiger partial charge in [0.05, 0.1) is 21.3 Å². The van der Waals surface area contributed by atoms with Gasteiger partial charge in [0, 0.05) is 23.4 Å². The molecular weight excluding hydrogens is 436 g/mol. The highest BCUT2D eigenvalue weighted by Crippen LogP contribution is 2.37. The first kappa shape index (κ1) is 23.1. The number of nitrogens with one attached hydrogen (secondary N) is 2. The molecule has 1 saturated carbocycles. The maximum absolute atomic E-state index is 13.1. The number of ether oxygens (including phenoxy) is 3. The highest BCUT2D eigenvalue weighted by atomic mass is 32.2. The Balaban J connectivity index is 1.88. The van der Waals surface area contributed by atoms with Crippen LogP contribution in [0.2, 0.25) is 0 Å². The number of anilines is 2. The molecule has 170 valence electrons. The first-order valence-electron chi connectivity index (χ1n) is 9.73. The highest BCUT2D eigenvalue weighted by Gasteiger charge is 2.29. The lowest BCUT2D eigenvalue weighted by molar-refractivity contribution is -0.134. The van der Waals surface area contributed by atoms with E-state index in [9.17, 15) is 18.0 Å². The lowest BCUT2D eigenvalue weighted by atomic mass is 10.2. The van der Waals surface area contributed by atoms with Crippen molar-refractivity contribution in [1.82, 2.24) is 0 Å². The summed E-state index contributed by atoms with van der Waals surface area (Å²) in [5.41, 5.74) is 1.27. The zero-order valence-corrected chi connectivity index (χ0v) is 18.7. The van der Waals surface area contributed by atoms with Crippen LogP contribution in [0.15, 0.2) is 47.4 Å². The van der Waals surface area contributed by atoms with E-state index < -0.39 is 16.0 Å². The minimum absolute atomic E-state index is 0.0172. The molecule has 1 amide bonds. The number of esters is 1. The lowest BCUT2D eigenvalue weighted by Gasteiger charge is -2.16. The van der Waals surface area contributed by atoms with Crippen LogP contribution in [-0.2, 0) is 24.3 Å². The van der Waals surface area contributed by atoms with Crippen LogP contribution in [0.5, 0.6) is 11.5 Å². The molecule has 1 aliphatic carbocycles. The fourth-order valence-corrected chi connectivity index (χ4v) is 4.18. The standard InChI is InChI=1S/C22H24N2O7S/c1-29-18-12-14(4-11-20(25)30-2)13-19(21(18)31-3)32(27,28)24-17-9-7-16(8-10-17)23-22(26)15-5-6-15/h4,7-13,15,24H,5-6H2,1-3H3,(H,23,26)/b11-4+. The van der Waals surface area contributed by atoms with Crippen molar-refractivity contribution >= 4 is 39.4 Å². The summed E-state index contributed by atoms with van der Waals surface area (Å²) in [7, 11) is -0.137. The zero-order chi connectivity index (χ0) is 23.3. The predicted molar refractivity (Wildman–Crippen MR) is 119 cm³/mol. The van der Waals surface area contributed by atoms with Gasteiger partial charge in [-0.15, -0.1) is 0 Å². The fraction of sp³-hybridized carbons (Fsp3) is 0.273. The van der Waals surface area contributed by atoms with Crippen LogP contribution < -0.4 is 19.5 Å². The summed E-state index contributed by atoms with van der Waals surface area (Å²) in [5, 5.41) is 2.80. The average Bonchev–Trinajstić information content (AvgIpc) is 3.63. The lowest BCUT2D eigenvalue weighted by Crippen LogP contribution is -2.15. The van der Waals surface area contributed by atoms with E-state index in [-0.39, 0.29) is 28.2 Å². The SMILES string of the molecule is COC(=O)/C=C/c1cc(OC)c(OC)c(S(=O)(=O)Nc2ccc(NC(=O)C3CC3)cc2)c1. The van der Waals surface area contributed by atoms with Gasteiger partial charge in [-0.25, -0.2) is 13.2 Å². The fourth-order valence-electron chi connectivity index (χ4n) is 2.90. The molecule has 2 aromatic rings. The Hall–Kier alpha value is -3.53. The minimum Gasteiger partial charge on any atom is -0.493 e. The molecule has 1 aliphatic rings. The van der Waals surface area contributed by atoms with Gasteiger partial charge >= 0.3 is 5.97 Å². The topological polar surface area (TPSA) is 120 Å². The van der Waals surface area contributed by atoms with Gasteiger partial charge in [-0.05, 0) is 60.9 Å². The highest BCUT2D eigenvalue weighted by molar-refractivity contribution is 7.92. The second-order valence-corrected chi connectivity index (χ2v) is 8.71. The van der Waals surface area contributed by atoms with Crippen LogP contribution >= 0.6 is 0 Å². The van der Waals surface area contributed by atoms with Crippen molar-refractivity contribution in [3.8, 4) is 11.5 Å². The Morgan fingerprint density at radius 1 is 1.00 bits per heavy atom. The Kier molecular flexibility index (Phi) is 7.04. The van der Waals surface area contributed by atoms with Crippen LogP contribution in [0.3, 0.4) is 0 Å². The van der Waals surface area contributed by atoms with Crippen molar-refractivity contribution in [3.05, 3.63) is 48.0 Å². The third-order valence-electron chi connectivity index (χ3n) is 4.72. The molecule has 0 heterocycles. The summed E-state index contributed by atoms with van der Waals surface area (Å²) in [6.07, 6.45) is 4.36. The molecule has 0 atom stereocenters. The molecule has 0 unspecified atom stereocenters. The van der Waals surface area contributed by atoms with E-state index in [0.717, 1.165) is 12.8 Å². The normalized spacial score (nSPS) is 13.5. The summed E-state index contributed by atoms with van der Waals surface area (Å²) in [6.45, 7) is 0. The zero-order valence-electron chi connectivity index (χ0n) is 17.9. The molecule has 0 spiro atoms. The number of rotatable bonds is 9. The largest absolute Gasteiger partial charge is 0.493 e. The maximum Gasteiger partial charge on any atom is 0.330 e. The van der Waals surface area contributed by atoms with Gasteiger partial charge in [-0.3, -0.25) is 9.52 Å². The summed E-state index contributed by atoms with van der Waals surface area (Å²) in [6, 6.07) is 9.22. The van der Waals surface area contributed by atoms with E-state index in [1.54, 1.807) is 24.3 Å². The minimum atomic E-state index is -4.09. The average molecular weight is 461 g/mol. The second-order valence-electron chi connectivity index (χ2n) is 7.06. The van der Waals surface area contributed by atoms with Crippen LogP contribution in [0.1, 0.15) is 18.4 Å². The third kappa shape index (κ3) is 5.58. The molecule has 9 nitrogen and oxygen atoms in total. The maximum atomic E-state index is 13.1. The van der Waals surface area contributed by atoms with E-state index in [0.29, 0.717) is 16.9 Å². The number of carbonyl (C=O) groups is 2. The van der Waals surface area contributed by atoms with Crippen molar-refractivity contribution in [2.75, 3.05) is 31.4 Å². The van der Waals surface area contributed by atoms with Crippen molar-refractivity contribution in [2.24, 2.45) is 5.92 Å². The van der Waals surface area contributed by atoms with Gasteiger partial charge in [0.25, 0.3) is 10.0 Å². The third-order valence-corrected chi connectivity index (χ3v) is 6.11. The van der Waals surface area contributed by atoms with Gasteiger partial charge in [0.2, 0.25) is 5.91 Å². The van der Waals surface area contributed by atoms with Gasteiger partial charge in [0.1, 0.15) is 4.90 Å². The molecule has 0 aromatic heterocycles. The predicted octanol–water partition coefficient (Wildman–Crippen LogP) is 3.04. The van der Waals surface area contributed by atoms with E-state index in [1.165, 1.54) is 45.6 Å². The van der Waals surface area contributed by atoms with Gasteiger partial charge < -0.3 is 19.5 Å². The quantitative estimate of drug-likeness (QED) is 0.436. The van der Waals surface area contributed by atoms with Gasteiger partial charge in [-0.1, -0.05) is 0 Å². The molecule has 0 saturated heterocycles. The van der Waals surface area contributed by atoms with Crippen LogP contribution in [0.4, 0.5) is 11.4 Å². The number of hydrogen-bond acceptors (Lipinski definition) is 7. The van der Waals surface area contributed by atoms with E-state index in [4.69, 9.17) is 9.47 Å². The van der Waals surface area contributed by atoms with Gasteiger partial charge in [0.15, 0.2) is 11.5 Å². The summed E-state index contributed by atoms with van der Waals surface area (Å²) >= 11 is 0. The molecule has 3 rings (SSSR count). The smallest absolute Gasteiger partial charge is 0.330 e. The molecular formula is C22H24N2O7S. The first-order chi connectivity index (χ1) is 15.3. The Bertz CT molecular complexity index is 1140. The van der Waals surface area contributed by atoms with Crippen LogP contribution in [0, 0.1) is 5.92 Å². The number of sulfonamides is 1. The van der Waals surface area contributed by atoms with Crippen molar-refractivity contribution in [1.29, 1.82) is 0 Å². The number of methoxy groups -OCH3 is 3. The van der Waals surface area contributed by atoms with Gasteiger partial charge in [-0.2, -0.15) is 0 Å². The Labute approximate surface area is 186 Å². The van der Waals surface area contributed by atoms with E-state index in [1.807, 2.05) is 0 Å². The summed E-state index contributed by atoms with van der Waals surface area (Å²) in [4.78, 5) is 23.1. The molecule has 0 aliphatic heterocycles. The Morgan fingerprint density at radius 2 is 1.66 bits per heavy atom. The first-order valence-corrected chi connectivity index (χ1v) is 11.2. The number of hydrogen-bond donors (Lipinski definition) is 2. The van der Waals surface area contributed by atoms with Crippen molar-refractivity contribution in [3.63, 3.8) is 0 Å². The molecule has 2 aromatic carbocycles. The molecule has 32 heavy (non-hydrogen) atoms. The monoisotopic (exact) mass is 460 g/mol. The molecule has 1 fully saturated rings. The van der Waals surface area contributed by atoms with Crippen LogP contribution in [0.25, 0.3) is 6.08 Å². The summed E-state index contributed by atoms with van der Waals surface area (Å²) < 4.78 is 43.8. The van der Waals surface area contributed by atoms with E-state index in [2.05, 4.69) is 14.8 Å². The summed E-state index contributed by atoms with van der Waals surface area (Å²) in [5.74, 6) is -0.360.